The third kappa shape index (κ3) is 13.2. The molecule has 53 heavy (non-hydrogen) atoms. The predicted molar refractivity (Wildman–Crippen MR) is 233 cm³/mol. The van der Waals surface area contributed by atoms with Gasteiger partial charge in [0.05, 0.1) is 0 Å². The highest BCUT2D eigenvalue weighted by Gasteiger charge is 2.52. The maximum absolute atomic E-state index is 10.1. The molecule has 0 spiro atoms. The second-order valence-electron chi connectivity index (χ2n) is 17.0. The summed E-state index contributed by atoms with van der Waals surface area (Å²) in [6.45, 7) is 19.9. The van der Waals surface area contributed by atoms with Crippen molar-refractivity contribution in [2.75, 3.05) is 0 Å². The minimum absolute atomic E-state index is 0.245. The molecule has 0 aliphatic carbocycles. The van der Waals surface area contributed by atoms with Crippen molar-refractivity contribution in [1.82, 2.24) is 0 Å². The SMILES string of the molecule is Cc1cc(C(CCCCCCCCCC[Si](C)(O[Si](C)(C)C)O[Si](O[Si](C)(C)C)(c2ccccc2)c2ccccc2)c2ccc(O)c(C)c2)ccc1O. The maximum Gasteiger partial charge on any atom is 0.388 e. The number of unbranched alkanes of at least 4 members (excludes halogenated alkanes) is 7. The predicted octanol–water partition coefficient (Wildman–Crippen LogP) is 11.4. The van der Waals surface area contributed by atoms with Gasteiger partial charge in [-0.1, -0.05) is 136 Å². The summed E-state index contributed by atoms with van der Waals surface area (Å²) in [7, 11) is -9.69. The summed E-state index contributed by atoms with van der Waals surface area (Å²) in [5.41, 5.74) is 4.25. The minimum atomic E-state index is -3.08. The van der Waals surface area contributed by atoms with Gasteiger partial charge >= 0.3 is 17.1 Å². The second-order valence-corrected chi connectivity index (χ2v) is 33.1. The highest BCUT2D eigenvalue weighted by molar-refractivity contribution is 7.02. The third-order valence-corrected chi connectivity index (χ3v) is 23.9. The number of phenols is 2. The van der Waals surface area contributed by atoms with E-state index in [4.69, 9.17) is 12.3 Å². The monoisotopic (exact) mass is 786 g/mol. The molecule has 288 valence electrons. The van der Waals surface area contributed by atoms with Crippen molar-refractivity contribution >= 4 is 44.1 Å². The fourth-order valence-corrected chi connectivity index (χ4v) is 24.8. The van der Waals surface area contributed by atoms with Crippen LogP contribution in [0.3, 0.4) is 0 Å². The van der Waals surface area contributed by atoms with Crippen LogP contribution < -0.4 is 10.4 Å². The Bertz CT molecular complexity index is 1610. The Hall–Kier alpha value is -2.77. The van der Waals surface area contributed by atoms with Gasteiger partial charge in [-0.05, 0) is 117 Å². The summed E-state index contributed by atoms with van der Waals surface area (Å²) in [4.78, 5) is 0. The van der Waals surface area contributed by atoms with Crippen molar-refractivity contribution < 1.29 is 22.6 Å². The number of aromatic hydroxyl groups is 2. The molecular weight excluding hydrogens is 721 g/mol. The van der Waals surface area contributed by atoms with Crippen LogP contribution in [-0.4, -0.2) is 44.0 Å². The Morgan fingerprint density at radius 3 is 1.32 bits per heavy atom. The molecule has 0 aliphatic heterocycles. The van der Waals surface area contributed by atoms with Gasteiger partial charge < -0.3 is 22.6 Å². The van der Waals surface area contributed by atoms with Crippen LogP contribution in [0.1, 0.15) is 86.0 Å². The normalized spacial score (nSPS) is 13.7. The van der Waals surface area contributed by atoms with E-state index < -0.39 is 33.8 Å². The molecule has 0 saturated carbocycles. The summed E-state index contributed by atoms with van der Waals surface area (Å²) >= 11 is 0. The van der Waals surface area contributed by atoms with E-state index in [1.165, 1.54) is 49.7 Å². The molecule has 0 fully saturated rings. The fraction of sp³-hybridized carbons (Fsp3) is 0.455. The van der Waals surface area contributed by atoms with E-state index in [1.807, 2.05) is 38.1 Å². The third-order valence-electron chi connectivity index (χ3n) is 9.76. The first-order valence-corrected chi connectivity index (χ1v) is 31.0. The van der Waals surface area contributed by atoms with Gasteiger partial charge in [-0.2, -0.15) is 0 Å². The molecule has 5 nitrogen and oxygen atoms in total. The molecule has 0 aromatic heterocycles. The molecule has 0 radical (unpaired) electrons. The quantitative estimate of drug-likeness (QED) is 0.0650. The van der Waals surface area contributed by atoms with Crippen LogP contribution >= 0.6 is 0 Å². The van der Waals surface area contributed by atoms with Crippen molar-refractivity contribution in [3.63, 3.8) is 0 Å². The van der Waals surface area contributed by atoms with Gasteiger partial charge in [-0.3, -0.25) is 0 Å². The fourth-order valence-electron chi connectivity index (χ4n) is 7.42. The number of phenolic OH excluding ortho intramolecular Hbond substituents is 2. The van der Waals surface area contributed by atoms with Gasteiger partial charge in [0.2, 0.25) is 0 Å². The number of hydrogen-bond donors (Lipinski definition) is 2. The van der Waals surface area contributed by atoms with Crippen LogP contribution in [0.25, 0.3) is 0 Å². The second kappa shape index (κ2) is 19.2. The van der Waals surface area contributed by atoms with E-state index in [0.29, 0.717) is 11.5 Å². The van der Waals surface area contributed by atoms with Crippen LogP contribution in [0.4, 0.5) is 0 Å². The summed E-state index contributed by atoms with van der Waals surface area (Å²) in [5.74, 6) is 0.917. The summed E-state index contributed by atoms with van der Waals surface area (Å²) in [6, 6.07) is 34.3. The largest absolute Gasteiger partial charge is 0.508 e. The number of rotatable bonds is 21. The molecule has 0 bridgehead atoms. The minimum Gasteiger partial charge on any atom is -0.508 e. The van der Waals surface area contributed by atoms with E-state index in [2.05, 4.69) is 119 Å². The number of hydrogen-bond acceptors (Lipinski definition) is 5. The van der Waals surface area contributed by atoms with Gasteiger partial charge in [0.15, 0.2) is 16.6 Å². The molecule has 9 heteroatoms. The highest BCUT2D eigenvalue weighted by atomic mass is 28.5. The zero-order valence-electron chi connectivity index (χ0n) is 34.0. The Kier molecular flexibility index (Phi) is 15.6. The molecule has 0 aliphatic rings. The van der Waals surface area contributed by atoms with Crippen LogP contribution in [0.15, 0.2) is 97.1 Å². The Labute approximate surface area is 325 Å². The lowest BCUT2D eigenvalue weighted by atomic mass is 9.85. The van der Waals surface area contributed by atoms with Gasteiger partial charge in [0.1, 0.15) is 11.5 Å². The van der Waals surface area contributed by atoms with E-state index in [1.54, 1.807) is 0 Å². The molecule has 0 amide bonds. The number of aryl methyl sites for hydroxylation is 2. The molecule has 4 aromatic rings. The molecular formula is C44H66O5Si4. The molecule has 0 heterocycles. The average Bonchev–Trinajstić information content (AvgIpc) is 3.09. The first-order valence-electron chi connectivity index (χ1n) is 19.8. The molecule has 2 N–H and O–H groups in total. The summed E-state index contributed by atoms with van der Waals surface area (Å²) in [6.07, 6.45) is 10.7. The van der Waals surface area contributed by atoms with Crippen molar-refractivity contribution in [3.05, 3.63) is 119 Å². The smallest absolute Gasteiger partial charge is 0.388 e. The highest BCUT2D eigenvalue weighted by Crippen LogP contribution is 2.35. The topological polar surface area (TPSA) is 68.2 Å². The van der Waals surface area contributed by atoms with Gasteiger partial charge in [-0.25, -0.2) is 0 Å². The Morgan fingerprint density at radius 2 is 0.906 bits per heavy atom. The zero-order chi connectivity index (χ0) is 38.7. The van der Waals surface area contributed by atoms with Crippen LogP contribution in [0.2, 0.25) is 51.9 Å². The molecule has 1 atom stereocenters. The summed E-state index contributed by atoms with van der Waals surface area (Å²) in [5, 5.41) is 22.6. The van der Waals surface area contributed by atoms with E-state index in [-0.39, 0.29) is 5.92 Å². The molecule has 4 aromatic carbocycles. The van der Waals surface area contributed by atoms with Gasteiger partial charge in [0, 0.05) is 5.92 Å². The lowest BCUT2D eigenvalue weighted by Gasteiger charge is -2.44. The van der Waals surface area contributed by atoms with Crippen molar-refractivity contribution in [2.45, 2.75) is 129 Å². The van der Waals surface area contributed by atoms with Crippen molar-refractivity contribution in [1.29, 1.82) is 0 Å². The standard InChI is InChI=1S/C44H66O5Si4/c1-36-34-38(29-31-43(36)45)42(39-30-32-44(46)37(2)35-39)28-22-14-12-10-11-13-15-23-33-52(9,47-50(3,4)5)49-53(48-51(6,7)8,40-24-18-16-19-25-40)41-26-20-17-21-27-41/h16-21,24-27,29-32,34-35,42,45-46H,10-15,22-23,28,33H2,1-9H3. The lowest BCUT2D eigenvalue weighted by molar-refractivity contribution is 0.332. The van der Waals surface area contributed by atoms with Crippen LogP contribution in [-0.2, 0) is 12.3 Å². The number of benzene rings is 4. The van der Waals surface area contributed by atoms with Gasteiger partial charge in [0.25, 0.3) is 0 Å². The molecule has 4 rings (SSSR count). The Morgan fingerprint density at radius 1 is 0.491 bits per heavy atom. The van der Waals surface area contributed by atoms with E-state index in [9.17, 15) is 10.2 Å². The van der Waals surface area contributed by atoms with Crippen molar-refractivity contribution in [2.24, 2.45) is 0 Å². The van der Waals surface area contributed by atoms with Gasteiger partial charge in [-0.15, -0.1) is 0 Å². The first-order chi connectivity index (χ1) is 25.0. The molecule has 0 saturated heterocycles. The maximum atomic E-state index is 10.1. The average molecular weight is 787 g/mol. The van der Waals surface area contributed by atoms with Crippen molar-refractivity contribution in [3.8, 4) is 11.5 Å². The van der Waals surface area contributed by atoms with Crippen LogP contribution in [0, 0.1) is 13.8 Å². The first kappa shape index (κ1) is 43.0. The van der Waals surface area contributed by atoms with E-state index >= 15 is 0 Å². The lowest BCUT2D eigenvalue weighted by Crippen LogP contribution is -2.71. The summed E-state index contributed by atoms with van der Waals surface area (Å²) < 4.78 is 22.0. The molecule has 1 unspecified atom stereocenters. The zero-order valence-corrected chi connectivity index (χ0v) is 38.0. The van der Waals surface area contributed by atoms with Crippen LogP contribution in [0.5, 0.6) is 11.5 Å². The Balaban J connectivity index is 1.34. The van der Waals surface area contributed by atoms with E-state index in [0.717, 1.165) is 46.8 Å².